The number of benzene rings is 1. The lowest BCUT2D eigenvalue weighted by molar-refractivity contribution is -0.141. The molecule has 5 nitrogen and oxygen atoms in total. The van der Waals surface area contributed by atoms with Crippen molar-refractivity contribution in [3.63, 3.8) is 0 Å². The molecule has 2 rings (SSSR count). The Labute approximate surface area is 106 Å². The molecular weight excluding hydrogens is 254 g/mol. The Morgan fingerprint density at radius 2 is 2.00 bits per heavy atom. The van der Waals surface area contributed by atoms with Gasteiger partial charge in [0, 0.05) is 13.1 Å². The smallest absolute Gasteiger partial charge is 0.307 e. The maximum Gasteiger partial charge on any atom is 0.307 e. The molecule has 1 N–H and O–H groups in total. The van der Waals surface area contributed by atoms with Gasteiger partial charge in [-0.2, -0.15) is 0 Å². The summed E-state index contributed by atoms with van der Waals surface area (Å²) >= 11 is 0. The number of aliphatic carboxylic acids is 1. The number of carboxylic acids is 1. The van der Waals surface area contributed by atoms with Gasteiger partial charge in [0.1, 0.15) is 0 Å². The Balaban J connectivity index is 2.07. The van der Waals surface area contributed by atoms with Crippen molar-refractivity contribution in [2.75, 3.05) is 13.1 Å². The summed E-state index contributed by atoms with van der Waals surface area (Å²) in [6, 6.07) is 8.90. The molecule has 0 spiro atoms. The van der Waals surface area contributed by atoms with E-state index in [0.717, 1.165) is 5.56 Å². The fourth-order valence-corrected chi connectivity index (χ4v) is 3.65. The van der Waals surface area contributed by atoms with Crippen molar-refractivity contribution in [3.05, 3.63) is 35.9 Å². The van der Waals surface area contributed by atoms with E-state index in [1.165, 1.54) is 4.31 Å². The van der Waals surface area contributed by atoms with Crippen molar-refractivity contribution >= 4 is 16.0 Å². The molecule has 0 saturated carbocycles. The van der Waals surface area contributed by atoms with Crippen LogP contribution in [-0.4, -0.2) is 36.9 Å². The third-order valence-corrected chi connectivity index (χ3v) is 4.90. The van der Waals surface area contributed by atoms with E-state index in [-0.39, 0.29) is 12.3 Å². The molecule has 0 aromatic heterocycles. The Kier molecular flexibility index (Phi) is 3.68. The lowest BCUT2D eigenvalue weighted by atomic mass is 10.1. The number of hydrogen-bond acceptors (Lipinski definition) is 3. The molecule has 1 aliphatic heterocycles. The van der Waals surface area contributed by atoms with Crippen LogP contribution in [0.1, 0.15) is 12.0 Å². The second-order valence-corrected chi connectivity index (χ2v) is 6.39. The van der Waals surface area contributed by atoms with Crippen LogP contribution in [0, 0.1) is 5.92 Å². The maximum atomic E-state index is 12.1. The molecule has 1 aromatic carbocycles. The Bertz CT molecular complexity index is 526. The SMILES string of the molecule is O=C(O)[C@@H]1CCN(S(=O)(=O)Cc2ccccc2)C1. The first-order chi connectivity index (χ1) is 8.49. The zero-order valence-corrected chi connectivity index (χ0v) is 10.6. The minimum atomic E-state index is -3.41. The molecule has 1 heterocycles. The summed E-state index contributed by atoms with van der Waals surface area (Å²) in [7, 11) is -3.41. The van der Waals surface area contributed by atoms with Crippen molar-refractivity contribution in [3.8, 4) is 0 Å². The lowest BCUT2D eigenvalue weighted by Crippen LogP contribution is -2.31. The van der Waals surface area contributed by atoms with Crippen LogP contribution >= 0.6 is 0 Å². The first-order valence-electron chi connectivity index (χ1n) is 5.73. The van der Waals surface area contributed by atoms with Crippen LogP contribution in [0.25, 0.3) is 0 Å². The van der Waals surface area contributed by atoms with Gasteiger partial charge in [-0.1, -0.05) is 30.3 Å². The molecule has 1 aromatic rings. The van der Waals surface area contributed by atoms with Crippen molar-refractivity contribution in [1.29, 1.82) is 0 Å². The van der Waals surface area contributed by atoms with E-state index in [1.807, 2.05) is 6.07 Å². The molecule has 1 atom stereocenters. The van der Waals surface area contributed by atoms with Crippen LogP contribution in [0.15, 0.2) is 30.3 Å². The van der Waals surface area contributed by atoms with Crippen molar-refractivity contribution in [2.24, 2.45) is 5.92 Å². The Morgan fingerprint density at radius 3 is 2.56 bits per heavy atom. The zero-order valence-electron chi connectivity index (χ0n) is 9.82. The molecule has 1 saturated heterocycles. The van der Waals surface area contributed by atoms with E-state index in [0.29, 0.717) is 13.0 Å². The highest BCUT2D eigenvalue weighted by atomic mass is 32.2. The van der Waals surface area contributed by atoms with Crippen LogP contribution in [-0.2, 0) is 20.6 Å². The van der Waals surface area contributed by atoms with Crippen molar-refractivity contribution in [1.82, 2.24) is 4.31 Å². The van der Waals surface area contributed by atoms with Gasteiger partial charge in [0.2, 0.25) is 10.0 Å². The van der Waals surface area contributed by atoms with Crippen LogP contribution in [0.5, 0.6) is 0 Å². The number of carbonyl (C=O) groups is 1. The summed E-state index contributed by atoms with van der Waals surface area (Å²) in [5, 5.41) is 8.86. The minimum absolute atomic E-state index is 0.0693. The van der Waals surface area contributed by atoms with Gasteiger partial charge in [-0.25, -0.2) is 12.7 Å². The third-order valence-electron chi connectivity index (χ3n) is 3.09. The van der Waals surface area contributed by atoms with Crippen LogP contribution in [0.4, 0.5) is 0 Å². The largest absolute Gasteiger partial charge is 0.481 e. The highest BCUT2D eigenvalue weighted by Gasteiger charge is 2.34. The van der Waals surface area contributed by atoms with Gasteiger partial charge in [0.15, 0.2) is 0 Å². The molecule has 0 radical (unpaired) electrons. The Morgan fingerprint density at radius 1 is 1.33 bits per heavy atom. The number of hydrogen-bond donors (Lipinski definition) is 1. The molecule has 18 heavy (non-hydrogen) atoms. The van der Waals surface area contributed by atoms with E-state index < -0.39 is 21.9 Å². The highest BCUT2D eigenvalue weighted by molar-refractivity contribution is 7.88. The van der Waals surface area contributed by atoms with E-state index in [9.17, 15) is 13.2 Å². The summed E-state index contributed by atoms with van der Waals surface area (Å²) in [5.74, 6) is -1.57. The highest BCUT2D eigenvalue weighted by Crippen LogP contribution is 2.21. The van der Waals surface area contributed by atoms with Gasteiger partial charge in [-0.05, 0) is 12.0 Å². The summed E-state index contributed by atoms with van der Waals surface area (Å²) < 4.78 is 25.5. The second-order valence-electron chi connectivity index (χ2n) is 4.42. The zero-order chi connectivity index (χ0) is 13.2. The van der Waals surface area contributed by atoms with E-state index in [1.54, 1.807) is 24.3 Å². The van der Waals surface area contributed by atoms with Gasteiger partial charge >= 0.3 is 5.97 Å². The lowest BCUT2D eigenvalue weighted by Gasteiger charge is -2.15. The number of sulfonamides is 1. The predicted octanol–water partition coefficient (Wildman–Crippen LogP) is 0.923. The van der Waals surface area contributed by atoms with Crippen LogP contribution < -0.4 is 0 Å². The molecule has 0 aliphatic carbocycles. The molecule has 0 unspecified atom stereocenters. The van der Waals surface area contributed by atoms with E-state index in [2.05, 4.69) is 0 Å². The predicted molar refractivity (Wildman–Crippen MR) is 66.4 cm³/mol. The average Bonchev–Trinajstić information content (AvgIpc) is 2.79. The molecular formula is C12H15NO4S. The van der Waals surface area contributed by atoms with Gasteiger partial charge in [0.25, 0.3) is 0 Å². The molecule has 1 fully saturated rings. The summed E-state index contributed by atoms with van der Waals surface area (Å²) in [5.41, 5.74) is 0.719. The standard InChI is InChI=1S/C12H15NO4S/c14-12(15)11-6-7-13(8-11)18(16,17)9-10-4-2-1-3-5-10/h1-5,11H,6-9H2,(H,14,15)/t11-/m1/s1. The van der Waals surface area contributed by atoms with Gasteiger partial charge in [-0.3, -0.25) is 4.79 Å². The monoisotopic (exact) mass is 269 g/mol. The Hall–Kier alpha value is -1.40. The topological polar surface area (TPSA) is 74.7 Å². The van der Waals surface area contributed by atoms with E-state index >= 15 is 0 Å². The number of nitrogens with zero attached hydrogens (tertiary/aromatic N) is 1. The van der Waals surface area contributed by atoms with Crippen molar-refractivity contribution < 1.29 is 18.3 Å². The second kappa shape index (κ2) is 5.07. The average molecular weight is 269 g/mol. The van der Waals surface area contributed by atoms with Crippen LogP contribution in [0.3, 0.4) is 0 Å². The van der Waals surface area contributed by atoms with Gasteiger partial charge < -0.3 is 5.11 Å². The van der Waals surface area contributed by atoms with Crippen molar-refractivity contribution in [2.45, 2.75) is 12.2 Å². The number of rotatable bonds is 4. The third kappa shape index (κ3) is 2.88. The molecule has 98 valence electrons. The number of carboxylic acid groups (broad SMARTS) is 1. The van der Waals surface area contributed by atoms with Gasteiger partial charge in [0.05, 0.1) is 11.7 Å². The summed E-state index contributed by atoms with van der Waals surface area (Å²) in [6.45, 7) is 0.386. The fourth-order valence-electron chi connectivity index (χ4n) is 2.06. The normalized spacial score (nSPS) is 21.0. The quantitative estimate of drug-likeness (QED) is 0.882. The molecule has 0 amide bonds. The summed E-state index contributed by atoms with van der Waals surface area (Å²) in [6.07, 6.45) is 0.392. The molecule has 0 bridgehead atoms. The summed E-state index contributed by atoms with van der Waals surface area (Å²) in [4.78, 5) is 10.8. The molecule has 1 aliphatic rings. The minimum Gasteiger partial charge on any atom is -0.481 e. The van der Waals surface area contributed by atoms with E-state index in [4.69, 9.17) is 5.11 Å². The van der Waals surface area contributed by atoms with Crippen LogP contribution in [0.2, 0.25) is 0 Å². The first-order valence-corrected chi connectivity index (χ1v) is 7.34. The fraction of sp³-hybridized carbons (Fsp3) is 0.417. The molecule has 6 heteroatoms. The maximum absolute atomic E-state index is 12.1. The van der Waals surface area contributed by atoms with Gasteiger partial charge in [-0.15, -0.1) is 0 Å². The first kappa shape index (κ1) is 13.0.